The molecule has 1 N–H and O–H groups in total. The topological polar surface area (TPSA) is 60.5 Å². The van der Waals surface area contributed by atoms with Gasteiger partial charge in [-0.15, -0.1) is 5.10 Å². The van der Waals surface area contributed by atoms with Crippen LogP contribution in [0.1, 0.15) is 23.0 Å². The van der Waals surface area contributed by atoms with Crippen LogP contribution in [0.4, 0.5) is 10.1 Å². The van der Waals surface area contributed by atoms with E-state index in [2.05, 4.69) is 51.6 Å². The number of nitrogens with one attached hydrogen (secondary N) is 1. The van der Waals surface area contributed by atoms with Crippen LogP contribution in [-0.4, -0.2) is 60.1 Å². The number of rotatable bonds is 7. The number of nitrogens with zero attached hydrogens (tertiary/aromatic N) is 5. The third-order valence-corrected chi connectivity index (χ3v) is 5.74. The molecule has 0 saturated carbocycles. The maximum Gasteiger partial charge on any atom is 0.214 e. The molecule has 4 rings (SSSR count). The van der Waals surface area contributed by atoms with Gasteiger partial charge < -0.3 is 14.5 Å². The van der Waals surface area contributed by atoms with Crippen molar-refractivity contribution in [3.63, 3.8) is 0 Å². The molecule has 1 fully saturated rings. The number of hydrogen-bond donors (Lipinski definition) is 1. The maximum atomic E-state index is 14.2. The van der Waals surface area contributed by atoms with Crippen LogP contribution in [0.3, 0.4) is 0 Å². The quantitative estimate of drug-likeness (QED) is 0.634. The van der Waals surface area contributed by atoms with E-state index in [4.69, 9.17) is 4.74 Å². The third kappa shape index (κ3) is 4.34. The van der Waals surface area contributed by atoms with Gasteiger partial charge in [-0.25, -0.2) is 9.07 Å². The Balaban J connectivity index is 1.59. The number of aromatic nitrogens is 4. The fourth-order valence-electron chi connectivity index (χ4n) is 4.11. The Morgan fingerprint density at radius 2 is 1.83 bits per heavy atom. The lowest BCUT2D eigenvalue weighted by Crippen LogP contribution is -3.15. The molecule has 1 aromatic heterocycles. The highest BCUT2D eigenvalue weighted by atomic mass is 19.1. The van der Waals surface area contributed by atoms with Crippen LogP contribution < -0.4 is 9.80 Å². The van der Waals surface area contributed by atoms with E-state index in [1.54, 1.807) is 13.2 Å². The normalized spacial score (nSPS) is 16.0. The van der Waals surface area contributed by atoms with Gasteiger partial charge in [0.05, 0.1) is 45.0 Å². The third-order valence-electron chi connectivity index (χ3n) is 5.74. The molecule has 2 heterocycles. The summed E-state index contributed by atoms with van der Waals surface area (Å²) in [5.41, 5.74) is 3.08. The van der Waals surface area contributed by atoms with Crippen LogP contribution >= 0.6 is 0 Å². The van der Waals surface area contributed by atoms with Gasteiger partial charge in [-0.3, -0.25) is 0 Å². The van der Waals surface area contributed by atoms with Crippen LogP contribution in [0, 0.1) is 12.7 Å². The molecule has 2 aromatic carbocycles. The van der Waals surface area contributed by atoms with E-state index in [0.29, 0.717) is 18.8 Å². The summed E-state index contributed by atoms with van der Waals surface area (Å²) in [6.45, 7) is 6.52. The van der Waals surface area contributed by atoms with Gasteiger partial charge in [-0.05, 0) is 29.5 Å². The predicted octanol–water partition coefficient (Wildman–Crippen LogP) is 1.26. The summed E-state index contributed by atoms with van der Waals surface area (Å²) in [5.74, 6) is 0.671. The Morgan fingerprint density at radius 1 is 1.10 bits per heavy atom. The van der Waals surface area contributed by atoms with E-state index in [0.717, 1.165) is 32.0 Å². The number of para-hydroxylation sites is 1. The number of quaternary nitrogens is 1. The Kier molecular flexibility index (Phi) is 6.35. The Morgan fingerprint density at radius 3 is 2.53 bits per heavy atom. The minimum Gasteiger partial charge on any atom is -0.383 e. The number of halogens is 1. The summed E-state index contributed by atoms with van der Waals surface area (Å²) in [6.07, 6.45) is 0. The van der Waals surface area contributed by atoms with E-state index in [1.807, 2.05) is 16.8 Å². The average Bonchev–Trinajstić information content (AvgIpc) is 3.23. The van der Waals surface area contributed by atoms with Gasteiger partial charge in [0.15, 0.2) is 6.04 Å². The molecular formula is C22H28FN6O+. The molecule has 0 spiro atoms. The minimum atomic E-state index is -0.167. The summed E-state index contributed by atoms with van der Waals surface area (Å²) in [4.78, 5) is 3.50. The molecule has 8 heteroatoms. The molecular weight excluding hydrogens is 383 g/mol. The summed E-state index contributed by atoms with van der Waals surface area (Å²) in [6, 6.07) is 15.6. The summed E-state index contributed by atoms with van der Waals surface area (Å²) in [5, 5.41) is 12.5. The minimum absolute atomic E-state index is 0.0141. The Bertz CT molecular complexity index is 952. The number of hydrogen-bond acceptors (Lipinski definition) is 5. The zero-order chi connectivity index (χ0) is 20.9. The SMILES string of the molecule is COCCn1nnnc1[C@@H](c1ccc(C)cc1)[NH+]1CCN(c2ccccc2F)CC1. The van der Waals surface area contributed by atoms with Gasteiger partial charge in [-0.2, -0.15) is 0 Å². The zero-order valence-electron chi connectivity index (χ0n) is 17.5. The first-order chi connectivity index (χ1) is 14.7. The van der Waals surface area contributed by atoms with Gasteiger partial charge in [0, 0.05) is 12.7 Å². The Labute approximate surface area is 176 Å². The van der Waals surface area contributed by atoms with Gasteiger partial charge in [0.1, 0.15) is 5.82 Å². The van der Waals surface area contributed by atoms with Crippen molar-refractivity contribution in [2.45, 2.75) is 19.5 Å². The van der Waals surface area contributed by atoms with Gasteiger partial charge in [0.25, 0.3) is 0 Å². The smallest absolute Gasteiger partial charge is 0.214 e. The van der Waals surface area contributed by atoms with Gasteiger partial charge >= 0.3 is 0 Å². The summed E-state index contributed by atoms with van der Waals surface area (Å²) < 4.78 is 21.3. The number of piperazine rings is 1. The van der Waals surface area contributed by atoms with Crippen LogP contribution in [-0.2, 0) is 11.3 Å². The number of anilines is 1. The first-order valence-electron chi connectivity index (χ1n) is 10.3. The van der Waals surface area contributed by atoms with Crippen molar-refractivity contribution >= 4 is 5.69 Å². The van der Waals surface area contributed by atoms with E-state index < -0.39 is 0 Å². The lowest BCUT2D eigenvalue weighted by molar-refractivity contribution is -0.927. The van der Waals surface area contributed by atoms with Crippen molar-refractivity contribution in [1.29, 1.82) is 0 Å². The van der Waals surface area contributed by atoms with Crippen LogP contribution in [0.2, 0.25) is 0 Å². The van der Waals surface area contributed by atoms with Crippen LogP contribution in [0.15, 0.2) is 48.5 Å². The molecule has 30 heavy (non-hydrogen) atoms. The predicted molar refractivity (Wildman–Crippen MR) is 112 cm³/mol. The second kappa shape index (κ2) is 9.32. The number of ether oxygens (including phenoxy) is 1. The highest BCUT2D eigenvalue weighted by Crippen LogP contribution is 2.21. The van der Waals surface area contributed by atoms with Crippen LogP contribution in [0.5, 0.6) is 0 Å². The fourth-order valence-corrected chi connectivity index (χ4v) is 4.11. The summed E-state index contributed by atoms with van der Waals surface area (Å²) >= 11 is 0. The molecule has 3 aromatic rings. The molecule has 0 bridgehead atoms. The first-order valence-corrected chi connectivity index (χ1v) is 10.3. The molecule has 0 amide bonds. The van der Waals surface area contributed by atoms with Gasteiger partial charge in [0.2, 0.25) is 5.82 Å². The zero-order valence-corrected chi connectivity index (χ0v) is 17.5. The number of tetrazole rings is 1. The van der Waals surface area contributed by atoms with E-state index in [9.17, 15) is 4.39 Å². The molecule has 1 aliphatic heterocycles. The van der Waals surface area contributed by atoms with Crippen molar-refractivity contribution in [2.75, 3.05) is 44.8 Å². The Hall–Kier alpha value is -2.84. The molecule has 0 aliphatic carbocycles. The number of benzene rings is 2. The number of aryl methyl sites for hydroxylation is 1. The van der Waals surface area contributed by atoms with Crippen molar-refractivity contribution in [3.05, 3.63) is 71.3 Å². The molecule has 0 unspecified atom stereocenters. The summed E-state index contributed by atoms with van der Waals surface area (Å²) in [7, 11) is 1.68. The standard InChI is InChI=1S/C22H27FN6O/c1-17-7-9-18(10-8-17)21(22-24-25-26-29(22)15-16-30-2)28-13-11-27(12-14-28)20-6-4-3-5-19(20)23/h3-10,21H,11-16H2,1-2H3/p+1/t21-/m1/s1. The van der Waals surface area contributed by atoms with Crippen molar-refractivity contribution < 1.29 is 14.0 Å². The second-order valence-corrected chi connectivity index (χ2v) is 7.69. The highest BCUT2D eigenvalue weighted by Gasteiger charge is 2.34. The fraction of sp³-hybridized carbons (Fsp3) is 0.409. The molecule has 1 aliphatic rings. The maximum absolute atomic E-state index is 14.2. The molecule has 7 nitrogen and oxygen atoms in total. The lowest BCUT2D eigenvalue weighted by Gasteiger charge is -2.37. The van der Waals surface area contributed by atoms with E-state index in [1.165, 1.54) is 22.1 Å². The van der Waals surface area contributed by atoms with Crippen molar-refractivity contribution in [2.24, 2.45) is 0 Å². The first kappa shape index (κ1) is 20.4. The average molecular weight is 412 g/mol. The van der Waals surface area contributed by atoms with E-state index >= 15 is 0 Å². The molecule has 0 radical (unpaired) electrons. The molecule has 1 saturated heterocycles. The van der Waals surface area contributed by atoms with Crippen molar-refractivity contribution in [3.8, 4) is 0 Å². The molecule has 1 atom stereocenters. The number of methoxy groups -OCH3 is 1. The largest absolute Gasteiger partial charge is 0.383 e. The van der Waals surface area contributed by atoms with Gasteiger partial charge in [-0.1, -0.05) is 42.0 Å². The monoisotopic (exact) mass is 411 g/mol. The molecule has 158 valence electrons. The lowest BCUT2D eigenvalue weighted by atomic mass is 10.0. The van der Waals surface area contributed by atoms with Crippen molar-refractivity contribution in [1.82, 2.24) is 20.2 Å². The second-order valence-electron chi connectivity index (χ2n) is 7.69. The highest BCUT2D eigenvalue weighted by molar-refractivity contribution is 5.47. The van der Waals surface area contributed by atoms with Crippen LogP contribution in [0.25, 0.3) is 0 Å². The van der Waals surface area contributed by atoms with E-state index in [-0.39, 0.29) is 11.9 Å².